The zero-order valence-corrected chi connectivity index (χ0v) is 12.7. The number of hydrogen-bond donors (Lipinski definition) is 2. The van der Waals surface area contributed by atoms with Gasteiger partial charge >= 0.3 is 0 Å². The largest absolute Gasteiger partial charge is 0.497 e. The first kappa shape index (κ1) is 14.1. The highest BCUT2D eigenvalue weighted by atomic mass is 16.5. The molecule has 0 spiro atoms. The first-order valence-corrected chi connectivity index (χ1v) is 7.66. The van der Waals surface area contributed by atoms with Gasteiger partial charge in [0, 0.05) is 23.7 Å². The van der Waals surface area contributed by atoms with Crippen molar-refractivity contribution in [1.82, 2.24) is 10.3 Å². The van der Waals surface area contributed by atoms with Crippen LogP contribution in [0.15, 0.2) is 30.5 Å². The van der Waals surface area contributed by atoms with E-state index in [2.05, 4.69) is 34.8 Å². The fraction of sp³-hybridized carbons (Fsp3) is 0.471. The second kappa shape index (κ2) is 6.31. The number of benzene rings is 1. The number of fused-ring (bicyclic) bond motifs is 1. The Morgan fingerprint density at radius 3 is 2.57 bits per heavy atom. The molecule has 1 aromatic carbocycles. The minimum Gasteiger partial charge on any atom is -0.497 e. The SMILES string of the molecule is CNC1CCC(Nc2nccc3ccc(OC)cc23)CC1. The summed E-state index contributed by atoms with van der Waals surface area (Å²) >= 11 is 0. The second-order valence-electron chi connectivity index (χ2n) is 5.73. The van der Waals surface area contributed by atoms with Crippen LogP contribution in [0, 0.1) is 0 Å². The second-order valence-corrected chi connectivity index (χ2v) is 5.73. The van der Waals surface area contributed by atoms with E-state index >= 15 is 0 Å². The molecule has 1 fully saturated rings. The third-order valence-electron chi connectivity index (χ3n) is 4.45. The van der Waals surface area contributed by atoms with Crippen LogP contribution in [-0.4, -0.2) is 31.2 Å². The Morgan fingerprint density at radius 1 is 1.10 bits per heavy atom. The summed E-state index contributed by atoms with van der Waals surface area (Å²) in [7, 11) is 3.75. The molecule has 0 aliphatic heterocycles. The number of rotatable bonds is 4. The van der Waals surface area contributed by atoms with Gasteiger partial charge in [0.1, 0.15) is 11.6 Å². The zero-order chi connectivity index (χ0) is 14.7. The van der Waals surface area contributed by atoms with Crippen LogP contribution in [-0.2, 0) is 0 Å². The fourth-order valence-corrected chi connectivity index (χ4v) is 3.11. The smallest absolute Gasteiger partial charge is 0.134 e. The van der Waals surface area contributed by atoms with E-state index in [-0.39, 0.29) is 0 Å². The Kier molecular flexibility index (Phi) is 4.25. The third kappa shape index (κ3) is 3.10. The van der Waals surface area contributed by atoms with Crippen molar-refractivity contribution >= 4 is 16.6 Å². The van der Waals surface area contributed by atoms with Gasteiger partial charge in [0.25, 0.3) is 0 Å². The summed E-state index contributed by atoms with van der Waals surface area (Å²) < 4.78 is 5.33. The maximum absolute atomic E-state index is 5.33. The van der Waals surface area contributed by atoms with Gasteiger partial charge in [0.05, 0.1) is 7.11 Å². The van der Waals surface area contributed by atoms with Gasteiger partial charge in [-0.25, -0.2) is 4.98 Å². The van der Waals surface area contributed by atoms with Crippen molar-refractivity contribution in [2.75, 3.05) is 19.5 Å². The Hall–Kier alpha value is -1.81. The summed E-state index contributed by atoms with van der Waals surface area (Å²) in [5.74, 6) is 1.84. The van der Waals surface area contributed by atoms with E-state index in [1.165, 1.54) is 31.1 Å². The van der Waals surface area contributed by atoms with Gasteiger partial charge in [0.2, 0.25) is 0 Å². The molecule has 21 heavy (non-hydrogen) atoms. The highest BCUT2D eigenvalue weighted by Crippen LogP contribution is 2.28. The number of ether oxygens (including phenoxy) is 1. The van der Waals surface area contributed by atoms with Crippen LogP contribution >= 0.6 is 0 Å². The zero-order valence-electron chi connectivity index (χ0n) is 12.7. The lowest BCUT2D eigenvalue weighted by Crippen LogP contribution is -2.35. The standard InChI is InChI=1S/C17H23N3O/c1-18-13-4-6-14(7-5-13)20-17-16-11-15(21-2)8-3-12(16)9-10-19-17/h3,8-11,13-14,18H,4-7H2,1-2H3,(H,19,20). The monoisotopic (exact) mass is 285 g/mol. The fourth-order valence-electron chi connectivity index (χ4n) is 3.11. The van der Waals surface area contributed by atoms with E-state index in [0.29, 0.717) is 12.1 Å². The maximum Gasteiger partial charge on any atom is 0.134 e. The third-order valence-corrected chi connectivity index (χ3v) is 4.45. The number of anilines is 1. The van der Waals surface area contributed by atoms with Gasteiger partial charge in [-0.2, -0.15) is 0 Å². The molecule has 1 saturated carbocycles. The normalized spacial score (nSPS) is 22.2. The van der Waals surface area contributed by atoms with E-state index in [9.17, 15) is 0 Å². The van der Waals surface area contributed by atoms with Crippen molar-refractivity contribution in [2.24, 2.45) is 0 Å². The lowest BCUT2D eigenvalue weighted by atomic mass is 9.91. The molecule has 1 aliphatic carbocycles. The minimum atomic E-state index is 0.513. The molecule has 0 amide bonds. The van der Waals surface area contributed by atoms with Crippen molar-refractivity contribution in [3.05, 3.63) is 30.5 Å². The van der Waals surface area contributed by atoms with Crippen LogP contribution in [0.4, 0.5) is 5.82 Å². The van der Waals surface area contributed by atoms with Gasteiger partial charge < -0.3 is 15.4 Å². The van der Waals surface area contributed by atoms with E-state index in [0.717, 1.165) is 17.0 Å². The molecule has 1 heterocycles. The van der Waals surface area contributed by atoms with Crippen molar-refractivity contribution in [2.45, 2.75) is 37.8 Å². The Morgan fingerprint density at radius 2 is 1.86 bits per heavy atom. The number of methoxy groups -OCH3 is 1. The average molecular weight is 285 g/mol. The van der Waals surface area contributed by atoms with Crippen molar-refractivity contribution in [3.63, 3.8) is 0 Å². The van der Waals surface area contributed by atoms with Gasteiger partial charge in [-0.05, 0) is 56.3 Å². The molecule has 4 heteroatoms. The van der Waals surface area contributed by atoms with Crippen LogP contribution in [0.25, 0.3) is 10.8 Å². The first-order valence-electron chi connectivity index (χ1n) is 7.66. The molecule has 3 rings (SSSR count). The lowest BCUT2D eigenvalue weighted by molar-refractivity contribution is 0.371. The Labute approximate surface area is 125 Å². The number of nitrogens with one attached hydrogen (secondary N) is 2. The summed E-state index contributed by atoms with van der Waals surface area (Å²) in [5.41, 5.74) is 0. The summed E-state index contributed by atoms with van der Waals surface area (Å²) in [6.07, 6.45) is 6.70. The van der Waals surface area contributed by atoms with Gasteiger partial charge in [-0.15, -0.1) is 0 Å². The molecular weight excluding hydrogens is 262 g/mol. The van der Waals surface area contributed by atoms with Crippen molar-refractivity contribution < 1.29 is 4.74 Å². The Bertz CT molecular complexity index is 606. The van der Waals surface area contributed by atoms with Gasteiger partial charge in [0.15, 0.2) is 0 Å². The highest BCUT2D eigenvalue weighted by molar-refractivity contribution is 5.92. The molecule has 4 nitrogen and oxygen atoms in total. The topological polar surface area (TPSA) is 46.2 Å². The first-order chi connectivity index (χ1) is 10.3. The molecule has 0 saturated heterocycles. The molecular formula is C17H23N3O. The van der Waals surface area contributed by atoms with Crippen molar-refractivity contribution in [1.29, 1.82) is 0 Å². The quantitative estimate of drug-likeness (QED) is 0.905. The minimum absolute atomic E-state index is 0.513. The van der Waals surface area contributed by atoms with Gasteiger partial charge in [-0.3, -0.25) is 0 Å². The molecule has 112 valence electrons. The van der Waals surface area contributed by atoms with Gasteiger partial charge in [-0.1, -0.05) is 6.07 Å². The molecule has 0 radical (unpaired) electrons. The summed E-state index contributed by atoms with van der Waals surface area (Å²) in [6.45, 7) is 0. The van der Waals surface area contributed by atoms with Crippen LogP contribution in [0.1, 0.15) is 25.7 Å². The van der Waals surface area contributed by atoms with Crippen LogP contribution in [0.2, 0.25) is 0 Å². The molecule has 0 atom stereocenters. The molecule has 2 aromatic rings. The van der Waals surface area contributed by atoms with E-state index < -0.39 is 0 Å². The summed E-state index contributed by atoms with van der Waals surface area (Å²) in [5, 5.41) is 9.32. The van der Waals surface area contributed by atoms with Crippen molar-refractivity contribution in [3.8, 4) is 5.75 Å². The molecule has 1 aliphatic rings. The predicted molar refractivity (Wildman–Crippen MR) is 87.0 cm³/mol. The number of aromatic nitrogens is 1. The highest BCUT2D eigenvalue weighted by Gasteiger charge is 2.20. The average Bonchev–Trinajstić information content (AvgIpc) is 2.55. The lowest BCUT2D eigenvalue weighted by Gasteiger charge is -2.29. The number of pyridine rings is 1. The molecule has 0 unspecified atom stereocenters. The van der Waals surface area contributed by atoms with Crippen LogP contribution in [0.5, 0.6) is 5.75 Å². The molecule has 0 bridgehead atoms. The maximum atomic E-state index is 5.33. The number of hydrogen-bond acceptors (Lipinski definition) is 4. The van der Waals surface area contributed by atoms with Crippen LogP contribution in [0.3, 0.4) is 0 Å². The molecule has 1 aromatic heterocycles. The van der Waals surface area contributed by atoms with E-state index in [1.54, 1.807) is 7.11 Å². The van der Waals surface area contributed by atoms with E-state index in [4.69, 9.17) is 4.74 Å². The molecule has 2 N–H and O–H groups in total. The predicted octanol–water partition coefficient (Wildman–Crippen LogP) is 3.19. The van der Waals surface area contributed by atoms with Crippen LogP contribution < -0.4 is 15.4 Å². The Balaban J connectivity index is 1.80. The summed E-state index contributed by atoms with van der Waals surface area (Å²) in [4.78, 5) is 4.53. The number of nitrogens with zero attached hydrogens (tertiary/aromatic N) is 1. The van der Waals surface area contributed by atoms with E-state index in [1.807, 2.05) is 18.3 Å². The summed E-state index contributed by atoms with van der Waals surface area (Å²) in [6, 6.07) is 9.35.